The van der Waals surface area contributed by atoms with E-state index in [4.69, 9.17) is 4.42 Å². The van der Waals surface area contributed by atoms with Gasteiger partial charge in [-0.05, 0) is 29.8 Å². The average Bonchev–Trinajstić information content (AvgIpc) is 2.71. The van der Waals surface area contributed by atoms with E-state index in [1.54, 1.807) is 25.2 Å². The summed E-state index contributed by atoms with van der Waals surface area (Å²) in [6, 6.07) is 18.3. The first-order chi connectivity index (χ1) is 13.1. The third-order valence-electron chi connectivity index (χ3n) is 4.67. The maximum atomic E-state index is 11.7. The number of nitrogens with zero attached hydrogens (tertiary/aromatic N) is 1. The Hall–Kier alpha value is -3.60. The number of carbonyl (C=O) groups is 1. The Bertz CT molecular complexity index is 1210. The van der Waals surface area contributed by atoms with Crippen molar-refractivity contribution >= 4 is 22.6 Å². The molecule has 0 unspecified atom stereocenters. The molecule has 0 spiro atoms. The first-order valence-corrected chi connectivity index (χ1v) is 8.54. The van der Waals surface area contributed by atoms with Crippen LogP contribution >= 0.6 is 0 Å². The molecule has 134 valence electrons. The summed E-state index contributed by atoms with van der Waals surface area (Å²) >= 11 is 0. The summed E-state index contributed by atoms with van der Waals surface area (Å²) in [6.45, 7) is 0. The third kappa shape index (κ3) is 2.83. The third-order valence-corrected chi connectivity index (χ3v) is 4.67. The Morgan fingerprint density at radius 2 is 1.85 bits per heavy atom. The molecule has 1 heterocycles. The molecule has 2 aliphatic rings. The quantitative estimate of drug-likeness (QED) is 0.572. The first kappa shape index (κ1) is 16.8. The number of anilines is 1. The lowest BCUT2D eigenvalue weighted by molar-refractivity contribution is -0.254. The van der Waals surface area contributed by atoms with Crippen LogP contribution in [0.5, 0.6) is 0 Å². The molecule has 0 atom stereocenters. The van der Waals surface area contributed by atoms with Crippen LogP contribution in [0.1, 0.15) is 10.4 Å². The zero-order chi connectivity index (χ0) is 19.0. The van der Waals surface area contributed by atoms with Gasteiger partial charge in [0.1, 0.15) is 11.3 Å². The van der Waals surface area contributed by atoms with Gasteiger partial charge in [0.15, 0.2) is 0 Å². The van der Waals surface area contributed by atoms with Gasteiger partial charge >= 0.3 is 0 Å². The number of carboxylic acids is 1. The molecule has 5 heteroatoms. The lowest BCUT2D eigenvalue weighted by Crippen LogP contribution is -2.23. The maximum absolute atomic E-state index is 11.7. The molecule has 4 rings (SSSR count). The van der Waals surface area contributed by atoms with E-state index < -0.39 is 5.97 Å². The molecular formula is C22H17N2O3-. The molecule has 0 saturated carbocycles. The zero-order valence-corrected chi connectivity index (χ0v) is 14.9. The van der Waals surface area contributed by atoms with E-state index >= 15 is 0 Å². The van der Waals surface area contributed by atoms with Crippen molar-refractivity contribution < 1.29 is 14.3 Å². The highest BCUT2D eigenvalue weighted by Gasteiger charge is 2.19. The van der Waals surface area contributed by atoms with Crippen LogP contribution in [0.15, 0.2) is 70.1 Å². The van der Waals surface area contributed by atoms with E-state index in [1.165, 1.54) is 0 Å². The number of hydrogen-bond acceptors (Lipinski definition) is 5. The van der Waals surface area contributed by atoms with Crippen molar-refractivity contribution in [1.29, 1.82) is 0 Å². The lowest BCUT2D eigenvalue weighted by atomic mass is 9.91. The van der Waals surface area contributed by atoms with Crippen molar-refractivity contribution in [3.05, 3.63) is 71.6 Å². The zero-order valence-electron chi connectivity index (χ0n) is 14.9. The molecule has 0 fully saturated rings. The molecule has 1 aliphatic carbocycles. The van der Waals surface area contributed by atoms with Gasteiger partial charge < -0.3 is 19.6 Å². The largest absolute Gasteiger partial charge is 0.545 e. The Kier molecular flexibility index (Phi) is 4.12. The van der Waals surface area contributed by atoms with Crippen molar-refractivity contribution in [1.82, 2.24) is 0 Å². The number of carboxylic acid groups (broad SMARTS) is 1. The maximum Gasteiger partial charge on any atom is 0.137 e. The molecule has 27 heavy (non-hydrogen) atoms. The second-order valence-corrected chi connectivity index (χ2v) is 6.18. The summed E-state index contributed by atoms with van der Waals surface area (Å²) in [6.07, 6.45) is 0. The van der Waals surface area contributed by atoms with E-state index in [1.807, 2.05) is 49.5 Å². The lowest BCUT2D eigenvalue weighted by Gasteiger charge is -2.18. The van der Waals surface area contributed by atoms with Crippen molar-refractivity contribution in [2.45, 2.75) is 0 Å². The van der Waals surface area contributed by atoms with Crippen molar-refractivity contribution in [2.75, 3.05) is 19.4 Å². The van der Waals surface area contributed by atoms with Crippen LogP contribution in [0, 0.1) is 0 Å². The molecular weight excluding hydrogens is 340 g/mol. The molecule has 1 N–H and O–H groups in total. The minimum atomic E-state index is -1.21. The number of rotatable bonds is 3. The van der Waals surface area contributed by atoms with Gasteiger partial charge in [-0.2, -0.15) is 0 Å². The number of fused-ring (bicyclic) bond motifs is 2. The summed E-state index contributed by atoms with van der Waals surface area (Å²) < 4.78 is 6.13. The smallest absolute Gasteiger partial charge is 0.137 e. The van der Waals surface area contributed by atoms with Gasteiger partial charge in [0, 0.05) is 54.0 Å². The van der Waals surface area contributed by atoms with E-state index in [-0.39, 0.29) is 5.56 Å². The van der Waals surface area contributed by atoms with Gasteiger partial charge in [0.25, 0.3) is 0 Å². The van der Waals surface area contributed by atoms with Gasteiger partial charge in [0.05, 0.1) is 11.3 Å². The molecule has 5 nitrogen and oxygen atoms in total. The van der Waals surface area contributed by atoms with E-state index in [9.17, 15) is 9.90 Å². The Labute approximate surface area is 156 Å². The highest BCUT2D eigenvalue weighted by molar-refractivity contribution is 6.07. The van der Waals surface area contributed by atoms with Gasteiger partial charge in [0.2, 0.25) is 0 Å². The summed E-state index contributed by atoms with van der Waals surface area (Å²) in [5, 5.41) is 16.4. The summed E-state index contributed by atoms with van der Waals surface area (Å²) in [4.78, 5) is 15.9. The Balaban J connectivity index is 2.19. The van der Waals surface area contributed by atoms with Crippen molar-refractivity contribution in [3.63, 3.8) is 0 Å². The molecule has 0 radical (unpaired) electrons. The average molecular weight is 357 g/mol. The SMILES string of the molecule is CN=c1ccc2c(-c3ccccc3C(=O)[O-])c3ccc(NC)cc3oc-2c1. The molecule has 1 aliphatic heterocycles. The van der Waals surface area contributed by atoms with Crippen LogP contribution in [0.3, 0.4) is 0 Å². The molecule has 2 aromatic carbocycles. The van der Waals surface area contributed by atoms with Crippen LogP contribution in [0.2, 0.25) is 0 Å². The Morgan fingerprint density at radius 3 is 2.59 bits per heavy atom. The predicted octanol–water partition coefficient (Wildman–Crippen LogP) is 3.14. The van der Waals surface area contributed by atoms with E-state index in [0.29, 0.717) is 16.9 Å². The standard InChI is InChI=1S/C22H18N2O3/c1-23-13-7-9-17-19(11-13)27-20-12-14(24-2)8-10-18(20)21(17)15-5-3-4-6-16(15)22(25)26/h3-12,23H,1-2H3,(H,25,26)/p-1. The monoisotopic (exact) mass is 357 g/mol. The van der Waals surface area contributed by atoms with Crippen molar-refractivity contribution in [3.8, 4) is 22.5 Å². The summed E-state index contributed by atoms with van der Waals surface area (Å²) in [5.74, 6) is -0.568. The number of carbonyl (C=O) groups excluding carboxylic acids is 1. The predicted molar refractivity (Wildman–Crippen MR) is 104 cm³/mol. The van der Waals surface area contributed by atoms with E-state index in [2.05, 4.69) is 10.3 Å². The van der Waals surface area contributed by atoms with E-state index in [0.717, 1.165) is 27.6 Å². The molecule has 0 saturated heterocycles. The second-order valence-electron chi connectivity index (χ2n) is 6.18. The topological polar surface area (TPSA) is 77.7 Å². The highest BCUT2D eigenvalue weighted by atomic mass is 16.4. The second kappa shape index (κ2) is 6.61. The van der Waals surface area contributed by atoms with Gasteiger partial charge in [-0.15, -0.1) is 0 Å². The van der Waals surface area contributed by atoms with Crippen LogP contribution in [0.4, 0.5) is 5.69 Å². The van der Waals surface area contributed by atoms with Gasteiger partial charge in [-0.25, -0.2) is 0 Å². The van der Waals surface area contributed by atoms with Crippen LogP contribution in [-0.2, 0) is 0 Å². The number of hydrogen-bond donors (Lipinski definition) is 1. The van der Waals surface area contributed by atoms with Gasteiger partial charge in [-0.3, -0.25) is 4.99 Å². The molecule has 0 bridgehead atoms. The minimum Gasteiger partial charge on any atom is -0.545 e. The fourth-order valence-electron chi connectivity index (χ4n) is 3.34. The van der Waals surface area contributed by atoms with Crippen LogP contribution < -0.4 is 15.8 Å². The highest BCUT2D eigenvalue weighted by Crippen LogP contribution is 2.41. The normalized spacial score (nSPS) is 11.9. The fraction of sp³-hybridized carbons (Fsp3) is 0.0909. The van der Waals surface area contributed by atoms with Gasteiger partial charge in [-0.1, -0.05) is 24.3 Å². The fourth-order valence-corrected chi connectivity index (χ4v) is 3.34. The van der Waals surface area contributed by atoms with Crippen LogP contribution in [-0.4, -0.2) is 20.1 Å². The number of nitrogens with one attached hydrogen (secondary N) is 1. The first-order valence-electron chi connectivity index (χ1n) is 8.54. The number of benzene rings is 3. The minimum absolute atomic E-state index is 0.147. The Morgan fingerprint density at radius 1 is 1.04 bits per heavy atom. The van der Waals surface area contributed by atoms with Crippen LogP contribution in [0.25, 0.3) is 33.4 Å². The molecule has 2 aromatic rings. The molecule has 0 aromatic heterocycles. The summed E-state index contributed by atoms with van der Waals surface area (Å²) in [5.41, 5.74) is 3.93. The number of aromatic carboxylic acids is 1. The molecule has 0 amide bonds. The van der Waals surface area contributed by atoms with Crippen molar-refractivity contribution in [2.24, 2.45) is 4.99 Å². The summed E-state index contributed by atoms with van der Waals surface area (Å²) in [7, 11) is 3.55.